The zero-order valence-electron chi connectivity index (χ0n) is 9.32. The molecule has 96 valence electrons. The lowest BCUT2D eigenvalue weighted by Gasteiger charge is -1.99. The zero-order chi connectivity index (χ0) is 13.5. The number of carbonyl (C=O) groups excluding carboxylic acids is 1. The van der Waals surface area contributed by atoms with Crippen LogP contribution in [0.3, 0.4) is 0 Å². The predicted octanol–water partition coefficient (Wildman–Crippen LogP) is 2.60. The monoisotopic (exact) mass is 287 g/mol. The van der Waals surface area contributed by atoms with Crippen LogP contribution in [0, 0.1) is 0 Å². The van der Waals surface area contributed by atoms with Gasteiger partial charge < -0.3 is 10.4 Å². The fourth-order valence-corrected chi connectivity index (χ4v) is 1.74. The number of aliphatic carboxylic acids is 1. The Morgan fingerprint density at radius 1 is 1.22 bits per heavy atom. The summed E-state index contributed by atoms with van der Waals surface area (Å²) in [6, 6.07) is 4.91. The van der Waals surface area contributed by atoms with Crippen LogP contribution in [0.5, 0.6) is 0 Å². The van der Waals surface area contributed by atoms with E-state index in [1.807, 2.05) is 0 Å². The molecule has 0 aliphatic rings. The van der Waals surface area contributed by atoms with Crippen LogP contribution in [0.15, 0.2) is 24.3 Å². The van der Waals surface area contributed by atoms with E-state index < -0.39 is 5.97 Å². The smallest absolute Gasteiger partial charge is 0.305 e. The number of carboxylic acids is 1. The molecule has 0 bridgehead atoms. The van der Waals surface area contributed by atoms with Crippen molar-refractivity contribution in [3.8, 4) is 0 Å². The number of halogens is 2. The Kier molecular flexibility index (Phi) is 5.68. The molecule has 0 aromatic heterocycles. The first-order chi connectivity index (χ1) is 8.47. The standard InChI is InChI=1S/C12H11Cl2NO3/c13-9-5-8(6-10(14)7-9)1-2-11(16)15-4-3-12(17)18/h1-2,5-7H,3-4H2,(H,15,16)(H,17,18)/b2-1+. The van der Waals surface area contributed by atoms with Crippen molar-refractivity contribution >= 4 is 41.2 Å². The highest BCUT2D eigenvalue weighted by Gasteiger charge is 1.99. The Labute approximate surface area is 114 Å². The van der Waals surface area contributed by atoms with Crippen LogP contribution in [-0.2, 0) is 9.59 Å². The molecule has 1 aromatic carbocycles. The van der Waals surface area contributed by atoms with Gasteiger partial charge in [-0.3, -0.25) is 9.59 Å². The molecule has 1 amide bonds. The molecule has 18 heavy (non-hydrogen) atoms. The van der Waals surface area contributed by atoms with Crippen LogP contribution < -0.4 is 5.32 Å². The zero-order valence-corrected chi connectivity index (χ0v) is 10.8. The second-order valence-corrected chi connectivity index (χ2v) is 4.34. The van der Waals surface area contributed by atoms with Crippen molar-refractivity contribution in [2.75, 3.05) is 6.54 Å². The number of benzene rings is 1. The van der Waals surface area contributed by atoms with Gasteiger partial charge in [-0.25, -0.2) is 0 Å². The summed E-state index contributed by atoms with van der Waals surface area (Å²) < 4.78 is 0. The molecule has 1 aromatic rings. The van der Waals surface area contributed by atoms with Crippen LogP contribution in [-0.4, -0.2) is 23.5 Å². The third kappa shape index (κ3) is 5.70. The van der Waals surface area contributed by atoms with Gasteiger partial charge in [0.25, 0.3) is 0 Å². The molecule has 2 N–H and O–H groups in total. The summed E-state index contributed by atoms with van der Waals surface area (Å²) in [5, 5.41) is 11.8. The summed E-state index contributed by atoms with van der Waals surface area (Å²) in [5.41, 5.74) is 0.695. The second-order valence-electron chi connectivity index (χ2n) is 3.47. The van der Waals surface area contributed by atoms with Crippen LogP contribution >= 0.6 is 23.2 Å². The lowest BCUT2D eigenvalue weighted by Crippen LogP contribution is -2.23. The Hall–Kier alpha value is -1.52. The van der Waals surface area contributed by atoms with E-state index in [0.29, 0.717) is 15.6 Å². The summed E-state index contributed by atoms with van der Waals surface area (Å²) in [6.07, 6.45) is 2.74. The molecule has 0 radical (unpaired) electrons. The summed E-state index contributed by atoms with van der Waals surface area (Å²) >= 11 is 11.6. The van der Waals surface area contributed by atoms with Crippen molar-refractivity contribution in [1.29, 1.82) is 0 Å². The second kappa shape index (κ2) is 7.03. The van der Waals surface area contributed by atoms with Gasteiger partial charge in [0.05, 0.1) is 6.42 Å². The third-order valence-corrected chi connectivity index (χ3v) is 2.39. The maximum Gasteiger partial charge on any atom is 0.305 e. The number of carboxylic acid groups (broad SMARTS) is 1. The van der Waals surface area contributed by atoms with E-state index in [1.165, 1.54) is 6.08 Å². The first-order valence-corrected chi connectivity index (χ1v) is 5.87. The highest BCUT2D eigenvalue weighted by molar-refractivity contribution is 6.34. The van der Waals surface area contributed by atoms with Crippen LogP contribution in [0.2, 0.25) is 10.0 Å². The van der Waals surface area contributed by atoms with Crippen molar-refractivity contribution in [3.05, 3.63) is 39.9 Å². The summed E-state index contributed by atoms with van der Waals surface area (Å²) in [6.45, 7) is 0.0921. The minimum atomic E-state index is -0.957. The number of amides is 1. The minimum absolute atomic E-state index is 0.0921. The van der Waals surface area contributed by atoms with Gasteiger partial charge in [-0.05, 0) is 29.8 Å². The van der Waals surface area contributed by atoms with E-state index in [4.69, 9.17) is 28.3 Å². The lowest BCUT2D eigenvalue weighted by molar-refractivity contribution is -0.136. The van der Waals surface area contributed by atoms with Crippen molar-refractivity contribution in [2.24, 2.45) is 0 Å². The van der Waals surface area contributed by atoms with Crippen molar-refractivity contribution in [1.82, 2.24) is 5.32 Å². The highest BCUT2D eigenvalue weighted by Crippen LogP contribution is 2.19. The molecule has 0 aliphatic heterocycles. The Morgan fingerprint density at radius 3 is 2.39 bits per heavy atom. The average Bonchev–Trinajstić information content (AvgIpc) is 2.24. The molecule has 0 fully saturated rings. The molecule has 0 saturated heterocycles. The van der Waals surface area contributed by atoms with Crippen LogP contribution in [0.25, 0.3) is 6.08 Å². The molecule has 0 spiro atoms. The van der Waals surface area contributed by atoms with Gasteiger partial charge in [-0.15, -0.1) is 0 Å². The topological polar surface area (TPSA) is 66.4 Å². The Balaban J connectivity index is 2.52. The summed E-state index contributed by atoms with van der Waals surface area (Å²) in [7, 11) is 0. The predicted molar refractivity (Wildman–Crippen MR) is 70.8 cm³/mol. The van der Waals surface area contributed by atoms with Crippen LogP contribution in [0.1, 0.15) is 12.0 Å². The molecule has 0 atom stereocenters. The molecule has 0 unspecified atom stereocenters. The number of rotatable bonds is 5. The van der Waals surface area contributed by atoms with Gasteiger partial charge in [-0.1, -0.05) is 23.2 Å². The SMILES string of the molecule is O=C(O)CCNC(=O)/C=C/c1cc(Cl)cc(Cl)c1. The van der Waals surface area contributed by atoms with Crippen molar-refractivity contribution in [3.63, 3.8) is 0 Å². The first-order valence-electron chi connectivity index (χ1n) is 5.11. The van der Waals surface area contributed by atoms with E-state index in [2.05, 4.69) is 5.32 Å². The molecule has 4 nitrogen and oxygen atoms in total. The number of hydrogen-bond donors (Lipinski definition) is 2. The lowest BCUT2D eigenvalue weighted by atomic mass is 10.2. The number of hydrogen-bond acceptors (Lipinski definition) is 2. The van der Waals surface area contributed by atoms with E-state index in [9.17, 15) is 9.59 Å². The quantitative estimate of drug-likeness (QED) is 0.818. The summed E-state index contributed by atoms with van der Waals surface area (Å²) in [4.78, 5) is 21.5. The van der Waals surface area contributed by atoms with E-state index in [1.54, 1.807) is 24.3 Å². The van der Waals surface area contributed by atoms with Crippen LogP contribution in [0.4, 0.5) is 0 Å². The highest BCUT2D eigenvalue weighted by atomic mass is 35.5. The maximum absolute atomic E-state index is 11.3. The van der Waals surface area contributed by atoms with Gasteiger partial charge in [0.15, 0.2) is 0 Å². The molecule has 0 aliphatic carbocycles. The Morgan fingerprint density at radius 2 is 1.83 bits per heavy atom. The molecule has 6 heteroatoms. The normalized spacial score (nSPS) is 10.6. The minimum Gasteiger partial charge on any atom is -0.481 e. The van der Waals surface area contributed by atoms with Gasteiger partial charge in [-0.2, -0.15) is 0 Å². The van der Waals surface area contributed by atoms with Crippen molar-refractivity contribution in [2.45, 2.75) is 6.42 Å². The number of carbonyl (C=O) groups is 2. The van der Waals surface area contributed by atoms with E-state index >= 15 is 0 Å². The van der Waals surface area contributed by atoms with Gasteiger partial charge in [0, 0.05) is 22.7 Å². The Bertz CT molecular complexity index is 466. The largest absolute Gasteiger partial charge is 0.481 e. The average molecular weight is 288 g/mol. The van der Waals surface area contributed by atoms with Gasteiger partial charge in [0.1, 0.15) is 0 Å². The maximum atomic E-state index is 11.3. The molecular weight excluding hydrogens is 277 g/mol. The van der Waals surface area contributed by atoms with E-state index in [-0.39, 0.29) is 18.9 Å². The molecular formula is C12H11Cl2NO3. The molecule has 0 heterocycles. The van der Waals surface area contributed by atoms with Gasteiger partial charge in [0.2, 0.25) is 5.91 Å². The first kappa shape index (κ1) is 14.5. The summed E-state index contributed by atoms with van der Waals surface area (Å²) in [5.74, 6) is -1.33. The fraction of sp³-hybridized carbons (Fsp3) is 0.167. The van der Waals surface area contributed by atoms with Gasteiger partial charge >= 0.3 is 5.97 Å². The number of nitrogens with one attached hydrogen (secondary N) is 1. The molecule has 1 rings (SSSR count). The van der Waals surface area contributed by atoms with E-state index in [0.717, 1.165) is 0 Å². The van der Waals surface area contributed by atoms with Crippen molar-refractivity contribution < 1.29 is 14.7 Å². The molecule has 0 saturated carbocycles. The third-order valence-electron chi connectivity index (χ3n) is 1.95. The fourth-order valence-electron chi connectivity index (χ4n) is 1.19.